The van der Waals surface area contributed by atoms with Crippen LogP contribution in [-0.2, 0) is 20.7 Å². The third kappa shape index (κ3) is 3.16. The lowest BCUT2D eigenvalue weighted by atomic mass is 10.0. The minimum absolute atomic E-state index is 0.0176. The normalized spacial score (nSPS) is 17.9. The molecule has 2 heterocycles. The van der Waals surface area contributed by atoms with E-state index in [0.717, 1.165) is 11.3 Å². The molecule has 112 valence electrons. The Morgan fingerprint density at radius 1 is 1.29 bits per heavy atom. The number of carbonyl (C=O) groups is 2. The van der Waals surface area contributed by atoms with Gasteiger partial charge in [-0.25, -0.2) is 0 Å². The van der Waals surface area contributed by atoms with Gasteiger partial charge in [-0.15, -0.1) is 0 Å². The van der Waals surface area contributed by atoms with Crippen LogP contribution in [0.2, 0.25) is 0 Å². The molecule has 1 N–H and O–H groups in total. The summed E-state index contributed by atoms with van der Waals surface area (Å²) in [5.41, 5.74) is 1.74. The summed E-state index contributed by atoms with van der Waals surface area (Å²) in [6, 6.07) is 5.50. The van der Waals surface area contributed by atoms with E-state index in [0.29, 0.717) is 44.9 Å². The van der Waals surface area contributed by atoms with Crippen molar-refractivity contribution in [2.45, 2.75) is 12.8 Å². The zero-order valence-corrected chi connectivity index (χ0v) is 11.8. The Morgan fingerprint density at radius 2 is 2.10 bits per heavy atom. The van der Waals surface area contributed by atoms with E-state index in [9.17, 15) is 9.59 Å². The van der Waals surface area contributed by atoms with Gasteiger partial charge in [-0.2, -0.15) is 0 Å². The Balaban J connectivity index is 1.64. The molecule has 0 spiro atoms. The van der Waals surface area contributed by atoms with Crippen molar-refractivity contribution in [1.82, 2.24) is 4.90 Å². The van der Waals surface area contributed by atoms with Crippen molar-refractivity contribution in [1.29, 1.82) is 0 Å². The fourth-order valence-electron chi connectivity index (χ4n) is 2.57. The summed E-state index contributed by atoms with van der Waals surface area (Å²) in [7, 11) is 0. The smallest absolute Gasteiger partial charge is 0.260 e. The van der Waals surface area contributed by atoms with Gasteiger partial charge < -0.3 is 19.7 Å². The quantitative estimate of drug-likeness (QED) is 0.894. The van der Waals surface area contributed by atoms with Crippen LogP contribution in [0.4, 0.5) is 5.69 Å². The summed E-state index contributed by atoms with van der Waals surface area (Å²) in [6.45, 7) is 2.41. The molecule has 0 aromatic heterocycles. The number of morpholine rings is 1. The highest BCUT2D eigenvalue weighted by Gasteiger charge is 2.20. The summed E-state index contributed by atoms with van der Waals surface area (Å²) in [5, 5.41) is 2.82. The molecular weight excluding hydrogens is 272 g/mol. The molecule has 1 fully saturated rings. The molecule has 2 aliphatic rings. The maximum Gasteiger partial charge on any atom is 0.260 e. The standard InChI is InChI=1S/C15H18N2O4/c18-14-5-4-11-12(16-14)2-1-3-13(11)21-10-15(19)17-6-8-20-9-7-17/h1-3H,4-10H2,(H,16,18). The van der Waals surface area contributed by atoms with E-state index < -0.39 is 0 Å². The minimum Gasteiger partial charge on any atom is -0.483 e. The van der Waals surface area contributed by atoms with Crippen LogP contribution in [0.25, 0.3) is 0 Å². The van der Waals surface area contributed by atoms with E-state index in [1.807, 2.05) is 18.2 Å². The van der Waals surface area contributed by atoms with Crippen LogP contribution < -0.4 is 10.1 Å². The van der Waals surface area contributed by atoms with Crippen LogP contribution in [0.15, 0.2) is 18.2 Å². The number of fused-ring (bicyclic) bond motifs is 1. The van der Waals surface area contributed by atoms with Crippen molar-refractivity contribution in [3.8, 4) is 5.75 Å². The largest absolute Gasteiger partial charge is 0.483 e. The van der Waals surface area contributed by atoms with Gasteiger partial charge in [0.2, 0.25) is 5.91 Å². The first-order chi connectivity index (χ1) is 10.2. The van der Waals surface area contributed by atoms with E-state index in [4.69, 9.17) is 9.47 Å². The van der Waals surface area contributed by atoms with Crippen LogP contribution in [0.5, 0.6) is 5.75 Å². The van der Waals surface area contributed by atoms with E-state index in [1.165, 1.54) is 0 Å². The first-order valence-electron chi connectivity index (χ1n) is 7.14. The second-order valence-electron chi connectivity index (χ2n) is 5.11. The van der Waals surface area contributed by atoms with Crippen molar-refractivity contribution in [3.63, 3.8) is 0 Å². The zero-order valence-electron chi connectivity index (χ0n) is 11.8. The molecule has 0 aliphatic carbocycles. The molecule has 3 rings (SSSR count). The van der Waals surface area contributed by atoms with Crippen molar-refractivity contribution >= 4 is 17.5 Å². The minimum atomic E-state index is -0.0317. The molecule has 1 aromatic rings. The molecule has 0 bridgehead atoms. The predicted molar refractivity (Wildman–Crippen MR) is 76.3 cm³/mol. The van der Waals surface area contributed by atoms with Crippen molar-refractivity contribution in [2.24, 2.45) is 0 Å². The number of ether oxygens (including phenoxy) is 2. The first-order valence-corrected chi connectivity index (χ1v) is 7.14. The number of nitrogens with one attached hydrogen (secondary N) is 1. The SMILES string of the molecule is O=C1CCc2c(cccc2OCC(=O)N2CCOCC2)N1. The summed E-state index contributed by atoms with van der Waals surface area (Å²) in [5.74, 6) is 0.661. The number of nitrogens with zero attached hydrogens (tertiary/aromatic N) is 1. The van der Waals surface area contributed by atoms with E-state index in [2.05, 4.69) is 5.32 Å². The van der Waals surface area contributed by atoms with Crippen molar-refractivity contribution in [2.75, 3.05) is 38.2 Å². The van der Waals surface area contributed by atoms with Crippen LogP contribution in [0.1, 0.15) is 12.0 Å². The van der Waals surface area contributed by atoms with E-state index in [1.54, 1.807) is 4.90 Å². The average Bonchev–Trinajstić information content (AvgIpc) is 2.53. The molecule has 6 heteroatoms. The number of carbonyl (C=O) groups excluding carboxylic acids is 2. The van der Waals surface area contributed by atoms with Crippen LogP contribution in [0.3, 0.4) is 0 Å². The lowest BCUT2D eigenvalue weighted by molar-refractivity contribution is -0.137. The Kier molecular flexibility index (Phi) is 4.06. The second-order valence-corrected chi connectivity index (χ2v) is 5.11. The molecule has 2 amide bonds. The van der Waals surface area contributed by atoms with Gasteiger partial charge in [-0.1, -0.05) is 6.07 Å². The lowest BCUT2D eigenvalue weighted by Crippen LogP contribution is -2.43. The fourth-order valence-corrected chi connectivity index (χ4v) is 2.57. The van der Waals surface area contributed by atoms with Gasteiger partial charge in [0, 0.05) is 30.8 Å². The number of hydrogen-bond donors (Lipinski definition) is 1. The number of anilines is 1. The highest BCUT2D eigenvalue weighted by Crippen LogP contribution is 2.31. The molecule has 1 saturated heterocycles. The van der Waals surface area contributed by atoms with Gasteiger partial charge in [0.1, 0.15) is 5.75 Å². The predicted octanol–water partition coefficient (Wildman–Crippen LogP) is 0.809. The van der Waals surface area contributed by atoms with Gasteiger partial charge in [0.05, 0.1) is 13.2 Å². The topological polar surface area (TPSA) is 67.9 Å². The molecular formula is C15H18N2O4. The summed E-state index contributed by atoms with van der Waals surface area (Å²) in [6.07, 6.45) is 1.09. The third-order valence-corrected chi connectivity index (χ3v) is 3.72. The molecule has 0 atom stereocenters. The summed E-state index contributed by atoms with van der Waals surface area (Å²) in [4.78, 5) is 25.2. The highest BCUT2D eigenvalue weighted by atomic mass is 16.5. The lowest BCUT2D eigenvalue weighted by Gasteiger charge is -2.27. The number of hydrogen-bond acceptors (Lipinski definition) is 4. The molecule has 0 unspecified atom stereocenters. The Bertz CT molecular complexity index is 553. The average molecular weight is 290 g/mol. The number of benzene rings is 1. The van der Waals surface area contributed by atoms with Crippen LogP contribution in [-0.4, -0.2) is 49.6 Å². The summed E-state index contributed by atoms with van der Waals surface area (Å²) >= 11 is 0. The van der Waals surface area contributed by atoms with E-state index >= 15 is 0 Å². The van der Waals surface area contributed by atoms with Gasteiger partial charge >= 0.3 is 0 Å². The first kappa shape index (κ1) is 13.9. The highest BCUT2D eigenvalue weighted by molar-refractivity contribution is 5.94. The van der Waals surface area contributed by atoms with Gasteiger partial charge in [-0.05, 0) is 18.6 Å². The molecule has 6 nitrogen and oxygen atoms in total. The van der Waals surface area contributed by atoms with Crippen molar-refractivity contribution in [3.05, 3.63) is 23.8 Å². The molecule has 21 heavy (non-hydrogen) atoms. The molecule has 0 radical (unpaired) electrons. The maximum atomic E-state index is 12.1. The van der Waals surface area contributed by atoms with Gasteiger partial charge in [-0.3, -0.25) is 9.59 Å². The van der Waals surface area contributed by atoms with Crippen molar-refractivity contribution < 1.29 is 19.1 Å². The molecule has 1 aromatic carbocycles. The zero-order chi connectivity index (χ0) is 14.7. The van der Waals surface area contributed by atoms with E-state index in [-0.39, 0.29) is 18.4 Å². The summed E-state index contributed by atoms with van der Waals surface area (Å²) < 4.78 is 10.9. The second kappa shape index (κ2) is 6.13. The van der Waals surface area contributed by atoms with Gasteiger partial charge in [0.25, 0.3) is 5.91 Å². The Morgan fingerprint density at radius 3 is 2.90 bits per heavy atom. The third-order valence-electron chi connectivity index (χ3n) is 3.72. The Hall–Kier alpha value is -2.08. The monoisotopic (exact) mass is 290 g/mol. The Labute approximate surface area is 123 Å². The fraction of sp³-hybridized carbons (Fsp3) is 0.467. The maximum absolute atomic E-state index is 12.1. The number of rotatable bonds is 3. The molecule has 2 aliphatic heterocycles. The number of amides is 2. The molecule has 0 saturated carbocycles. The van der Waals surface area contributed by atoms with Crippen LogP contribution in [0, 0.1) is 0 Å². The van der Waals surface area contributed by atoms with Gasteiger partial charge in [0.15, 0.2) is 6.61 Å². The van der Waals surface area contributed by atoms with Crippen LogP contribution >= 0.6 is 0 Å².